The molecule has 0 heterocycles. The van der Waals surface area contributed by atoms with E-state index in [4.69, 9.17) is 4.74 Å². The Morgan fingerprint density at radius 1 is 1.28 bits per heavy atom. The Morgan fingerprint density at radius 3 is 2.61 bits per heavy atom. The first kappa shape index (κ1) is 14.8. The Labute approximate surface area is 105 Å². The van der Waals surface area contributed by atoms with Crippen LogP contribution in [0.1, 0.15) is 19.4 Å². The summed E-state index contributed by atoms with van der Waals surface area (Å²) in [6, 6.07) is 4.92. The van der Waals surface area contributed by atoms with E-state index in [0.717, 1.165) is 18.7 Å². The van der Waals surface area contributed by atoms with Crippen LogP contribution in [0.3, 0.4) is 0 Å². The summed E-state index contributed by atoms with van der Waals surface area (Å²) in [4.78, 5) is 0. The molecule has 0 fully saturated rings. The summed E-state index contributed by atoms with van der Waals surface area (Å²) in [5.74, 6) is 0.787. The fraction of sp³-hybridized carbons (Fsp3) is 0.538. The van der Waals surface area contributed by atoms with Gasteiger partial charge >= 0.3 is 6.18 Å². The standard InChI is InChI=1S/C13H18F3NO/c1-10(2)9-17-6-7-18-12-5-3-4-11(8-12)13(14,15)16/h3-5,8,10,17H,6-7,9H2,1-2H3. The molecule has 1 aromatic rings. The molecule has 0 radical (unpaired) electrons. The summed E-state index contributed by atoms with van der Waals surface area (Å²) < 4.78 is 42.6. The lowest BCUT2D eigenvalue weighted by Crippen LogP contribution is -2.25. The molecule has 5 heteroatoms. The monoisotopic (exact) mass is 261 g/mol. The molecule has 0 atom stereocenters. The van der Waals surface area contributed by atoms with E-state index < -0.39 is 11.7 Å². The molecular weight excluding hydrogens is 243 g/mol. The molecule has 0 saturated heterocycles. The van der Waals surface area contributed by atoms with Gasteiger partial charge in [0.2, 0.25) is 0 Å². The predicted molar refractivity (Wildman–Crippen MR) is 64.6 cm³/mol. The topological polar surface area (TPSA) is 21.3 Å². The minimum Gasteiger partial charge on any atom is -0.492 e. The Kier molecular flexibility index (Phi) is 5.47. The van der Waals surface area contributed by atoms with Crippen LogP contribution in [0.25, 0.3) is 0 Å². The van der Waals surface area contributed by atoms with Crippen molar-refractivity contribution in [2.45, 2.75) is 20.0 Å². The van der Waals surface area contributed by atoms with Crippen LogP contribution in [-0.4, -0.2) is 19.7 Å². The van der Waals surface area contributed by atoms with Crippen molar-refractivity contribution in [2.75, 3.05) is 19.7 Å². The Morgan fingerprint density at radius 2 is 2.00 bits per heavy atom. The maximum atomic E-state index is 12.4. The Hall–Kier alpha value is -1.23. The van der Waals surface area contributed by atoms with Crippen molar-refractivity contribution in [1.82, 2.24) is 5.32 Å². The summed E-state index contributed by atoms with van der Waals surface area (Å²) >= 11 is 0. The summed E-state index contributed by atoms with van der Waals surface area (Å²) in [6.45, 7) is 6.01. The van der Waals surface area contributed by atoms with Gasteiger partial charge in [0.1, 0.15) is 12.4 Å². The molecule has 18 heavy (non-hydrogen) atoms. The van der Waals surface area contributed by atoms with E-state index in [1.54, 1.807) is 0 Å². The lowest BCUT2D eigenvalue weighted by molar-refractivity contribution is -0.137. The van der Waals surface area contributed by atoms with Crippen LogP contribution in [0.4, 0.5) is 13.2 Å². The molecule has 0 aliphatic heterocycles. The maximum Gasteiger partial charge on any atom is 0.416 e. The molecule has 0 bridgehead atoms. The predicted octanol–water partition coefficient (Wildman–Crippen LogP) is 3.33. The van der Waals surface area contributed by atoms with Gasteiger partial charge in [-0.2, -0.15) is 13.2 Å². The lowest BCUT2D eigenvalue weighted by atomic mass is 10.2. The van der Waals surface area contributed by atoms with E-state index in [-0.39, 0.29) is 5.75 Å². The molecule has 0 aromatic heterocycles. The Balaban J connectivity index is 2.39. The van der Waals surface area contributed by atoms with Crippen molar-refractivity contribution in [3.05, 3.63) is 29.8 Å². The van der Waals surface area contributed by atoms with Crippen LogP contribution >= 0.6 is 0 Å². The van der Waals surface area contributed by atoms with E-state index >= 15 is 0 Å². The van der Waals surface area contributed by atoms with Crippen LogP contribution < -0.4 is 10.1 Å². The van der Waals surface area contributed by atoms with Gasteiger partial charge in [-0.3, -0.25) is 0 Å². The normalized spacial score (nSPS) is 11.9. The molecule has 1 N–H and O–H groups in total. The quantitative estimate of drug-likeness (QED) is 0.793. The summed E-state index contributed by atoms with van der Waals surface area (Å²) in [6.07, 6.45) is -4.32. The van der Waals surface area contributed by atoms with Crippen molar-refractivity contribution in [3.8, 4) is 5.75 Å². The molecule has 0 saturated carbocycles. The van der Waals surface area contributed by atoms with Gasteiger partial charge in [-0.05, 0) is 30.7 Å². The van der Waals surface area contributed by atoms with Crippen LogP contribution in [0.15, 0.2) is 24.3 Å². The lowest BCUT2D eigenvalue weighted by Gasteiger charge is -2.11. The highest BCUT2D eigenvalue weighted by Crippen LogP contribution is 2.31. The van der Waals surface area contributed by atoms with Crippen LogP contribution in [0.5, 0.6) is 5.75 Å². The second kappa shape index (κ2) is 6.64. The van der Waals surface area contributed by atoms with Crippen molar-refractivity contribution >= 4 is 0 Å². The molecule has 0 aliphatic carbocycles. The molecule has 102 valence electrons. The molecule has 1 rings (SSSR count). The first-order valence-corrected chi connectivity index (χ1v) is 5.90. The van der Waals surface area contributed by atoms with Crippen molar-refractivity contribution in [3.63, 3.8) is 0 Å². The molecule has 0 amide bonds. The van der Waals surface area contributed by atoms with Gasteiger partial charge < -0.3 is 10.1 Å². The zero-order chi connectivity index (χ0) is 13.6. The molecular formula is C13H18F3NO. The molecule has 0 aliphatic rings. The highest BCUT2D eigenvalue weighted by atomic mass is 19.4. The number of ether oxygens (including phenoxy) is 1. The molecule has 2 nitrogen and oxygen atoms in total. The summed E-state index contributed by atoms with van der Waals surface area (Å²) in [5.41, 5.74) is -0.685. The third-order valence-electron chi connectivity index (χ3n) is 2.26. The molecule has 0 unspecified atom stereocenters. The SMILES string of the molecule is CC(C)CNCCOc1cccc(C(F)(F)F)c1. The van der Waals surface area contributed by atoms with Crippen molar-refractivity contribution in [1.29, 1.82) is 0 Å². The van der Waals surface area contributed by atoms with Gasteiger partial charge in [-0.25, -0.2) is 0 Å². The van der Waals surface area contributed by atoms with Crippen molar-refractivity contribution < 1.29 is 17.9 Å². The van der Waals surface area contributed by atoms with Gasteiger partial charge in [0.15, 0.2) is 0 Å². The van der Waals surface area contributed by atoms with Gasteiger partial charge in [0.05, 0.1) is 5.56 Å². The third-order valence-corrected chi connectivity index (χ3v) is 2.26. The first-order valence-electron chi connectivity index (χ1n) is 5.90. The Bertz CT molecular complexity index is 363. The largest absolute Gasteiger partial charge is 0.492 e. The molecule has 1 aromatic carbocycles. The summed E-state index contributed by atoms with van der Waals surface area (Å²) in [7, 11) is 0. The number of rotatable bonds is 6. The average Bonchev–Trinajstić information content (AvgIpc) is 2.27. The maximum absolute atomic E-state index is 12.4. The fourth-order valence-corrected chi connectivity index (χ4v) is 1.39. The number of nitrogens with one attached hydrogen (secondary N) is 1. The highest BCUT2D eigenvalue weighted by molar-refractivity contribution is 5.30. The van der Waals surface area contributed by atoms with E-state index in [1.165, 1.54) is 12.1 Å². The van der Waals surface area contributed by atoms with E-state index in [1.807, 2.05) is 0 Å². The number of halogens is 3. The number of alkyl halides is 3. The fourth-order valence-electron chi connectivity index (χ4n) is 1.39. The average molecular weight is 261 g/mol. The zero-order valence-electron chi connectivity index (χ0n) is 10.6. The van der Waals surface area contributed by atoms with E-state index in [9.17, 15) is 13.2 Å². The van der Waals surface area contributed by atoms with Crippen molar-refractivity contribution in [2.24, 2.45) is 5.92 Å². The highest BCUT2D eigenvalue weighted by Gasteiger charge is 2.30. The third kappa shape index (κ3) is 5.40. The van der Waals surface area contributed by atoms with Crippen LogP contribution in [0, 0.1) is 5.92 Å². The minimum absolute atomic E-state index is 0.246. The van der Waals surface area contributed by atoms with Gasteiger partial charge in [-0.15, -0.1) is 0 Å². The van der Waals surface area contributed by atoms with E-state index in [2.05, 4.69) is 19.2 Å². The second-order valence-electron chi connectivity index (χ2n) is 4.47. The van der Waals surface area contributed by atoms with Crippen LogP contribution in [-0.2, 0) is 6.18 Å². The number of hydrogen-bond donors (Lipinski definition) is 1. The van der Waals surface area contributed by atoms with Gasteiger partial charge in [-0.1, -0.05) is 19.9 Å². The van der Waals surface area contributed by atoms with Gasteiger partial charge in [0, 0.05) is 6.54 Å². The summed E-state index contributed by atoms with van der Waals surface area (Å²) in [5, 5.41) is 3.15. The second-order valence-corrected chi connectivity index (χ2v) is 4.47. The van der Waals surface area contributed by atoms with E-state index in [0.29, 0.717) is 19.1 Å². The first-order chi connectivity index (χ1) is 8.39. The smallest absolute Gasteiger partial charge is 0.416 e. The zero-order valence-corrected chi connectivity index (χ0v) is 10.6. The van der Waals surface area contributed by atoms with Gasteiger partial charge in [0.25, 0.3) is 0 Å². The minimum atomic E-state index is -4.32. The van der Waals surface area contributed by atoms with Crippen LogP contribution in [0.2, 0.25) is 0 Å². The molecule has 0 spiro atoms. The number of benzene rings is 1. The number of hydrogen-bond acceptors (Lipinski definition) is 2.